The van der Waals surface area contributed by atoms with Crippen LogP contribution in [0, 0.1) is 0 Å². The molecule has 3 aromatic carbocycles. The summed E-state index contributed by atoms with van der Waals surface area (Å²) < 4.78 is 7.09. The largest absolute Gasteiger partial charge is 0.475 e. The fourth-order valence-electron chi connectivity index (χ4n) is 3.14. The quantitative estimate of drug-likeness (QED) is 0.663. The van der Waals surface area contributed by atoms with E-state index in [1.807, 2.05) is 6.92 Å². The molecule has 0 bridgehead atoms. The first kappa shape index (κ1) is 13.8. The summed E-state index contributed by atoms with van der Waals surface area (Å²) in [7, 11) is 0. The van der Waals surface area contributed by atoms with Crippen LogP contribution in [-0.2, 0) is 0 Å². The Labute approximate surface area is 138 Å². The molecule has 0 saturated carbocycles. The van der Waals surface area contributed by atoms with Crippen LogP contribution < -0.4 is 10.1 Å². The molecule has 2 nitrogen and oxygen atoms in total. The van der Waals surface area contributed by atoms with Crippen LogP contribution in [0.3, 0.4) is 0 Å². The monoisotopic (exact) mass is 353 g/mol. The number of hydrogen-bond acceptors (Lipinski definition) is 2. The third-order valence-corrected chi connectivity index (χ3v) is 4.66. The van der Waals surface area contributed by atoms with E-state index in [9.17, 15) is 0 Å². The van der Waals surface area contributed by atoms with Crippen molar-refractivity contribution in [1.29, 1.82) is 0 Å². The molecule has 0 radical (unpaired) electrons. The molecule has 0 unspecified atom stereocenters. The zero-order valence-electron chi connectivity index (χ0n) is 12.2. The molecular weight excluding hydrogens is 338 g/mol. The highest BCUT2D eigenvalue weighted by Gasteiger charge is 2.28. The molecule has 110 valence electrons. The van der Waals surface area contributed by atoms with Crippen molar-refractivity contribution in [3.63, 3.8) is 0 Å². The van der Waals surface area contributed by atoms with E-state index >= 15 is 0 Å². The van der Waals surface area contributed by atoms with Crippen molar-refractivity contribution in [2.24, 2.45) is 0 Å². The Morgan fingerprint density at radius 1 is 0.955 bits per heavy atom. The van der Waals surface area contributed by atoms with E-state index in [1.165, 1.54) is 21.9 Å². The fraction of sp³-hybridized carbons (Fsp3) is 0.158. The predicted molar refractivity (Wildman–Crippen MR) is 93.2 cm³/mol. The minimum absolute atomic E-state index is 0.0118. The second-order valence-corrected chi connectivity index (χ2v) is 6.53. The normalized spacial score (nSPS) is 20.5. The van der Waals surface area contributed by atoms with Gasteiger partial charge in [0.15, 0.2) is 0 Å². The molecule has 0 amide bonds. The summed E-state index contributed by atoms with van der Waals surface area (Å²) in [5, 5.41) is 6.04. The van der Waals surface area contributed by atoms with Gasteiger partial charge in [-0.15, -0.1) is 0 Å². The maximum atomic E-state index is 5.99. The van der Waals surface area contributed by atoms with Crippen molar-refractivity contribution in [3.8, 4) is 5.75 Å². The highest BCUT2D eigenvalue weighted by Crippen LogP contribution is 2.39. The van der Waals surface area contributed by atoms with E-state index < -0.39 is 0 Å². The lowest BCUT2D eigenvalue weighted by Crippen LogP contribution is -2.39. The average molecular weight is 354 g/mol. The molecule has 0 aromatic heterocycles. The zero-order chi connectivity index (χ0) is 15.1. The van der Waals surface area contributed by atoms with E-state index in [1.54, 1.807) is 0 Å². The van der Waals surface area contributed by atoms with Gasteiger partial charge in [-0.1, -0.05) is 58.4 Å². The highest BCUT2D eigenvalue weighted by atomic mass is 79.9. The molecule has 3 heteroatoms. The van der Waals surface area contributed by atoms with Gasteiger partial charge in [-0.2, -0.15) is 0 Å². The third kappa shape index (κ3) is 2.31. The number of rotatable bonds is 1. The van der Waals surface area contributed by atoms with Gasteiger partial charge < -0.3 is 4.74 Å². The SMILES string of the molecule is C[C@@H]1N[C@@H](c2ccc(Br)cc2)c2c(ccc3ccccc23)O1. The number of halogens is 1. The first-order chi connectivity index (χ1) is 10.7. The van der Waals surface area contributed by atoms with Crippen LogP contribution in [0.25, 0.3) is 10.8 Å². The van der Waals surface area contributed by atoms with Crippen molar-refractivity contribution in [2.75, 3.05) is 0 Å². The maximum absolute atomic E-state index is 5.99. The minimum Gasteiger partial charge on any atom is -0.475 e. The summed E-state index contributed by atoms with van der Waals surface area (Å²) in [6, 6.07) is 21.3. The van der Waals surface area contributed by atoms with Crippen LogP contribution in [0.1, 0.15) is 24.1 Å². The Hall–Kier alpha value is -1.84. The second kappa shape index (κ2) is 5.41. The van der Waals surface area contributed by atoms with Crippen molar-refractivity contribution in [2.45, 2.75) is 19.2 Å². The molecule has 3 aromatic rings. The van der Waals surface area contributed by atoms with E-state index in [0.29, 0.717) is 0 Å². The lowest BCUT2D eigenvalue weighted by Gasteiger charge is -2.33. The average Bonchev–Trinajstić information content (AvgIpc) is 2.54. The zero-order valence-corrected chi connectivity index (χ0v) is 13.8. The van der Waals surface area contributed by atoms with E-state index in [4.69, 9.17) is 4.74 Å². The Morgan fingerprint density at radius 2 is 1.73 bits per heavy atom. The molecule has 0 spiro atoms. The van der Waals surface area contributed by atoms with Gasteiger partial charge in [0.05, 0.1) is 6.04 Å². The number of nitrogens with one attached hydrogen (secondary N) is 1. The number of fused-ring (bicyclic) bond motifs is 3. The standard InChI is InChI=1S/C19H16BrNO/c1-12-21-19(14-6-9-15(20)10-7-14)18-16-5-3-2-4-13(16)8-11-17(18)22-12/h2-12,19,21H,1H3/t12-,19+/m1/s1. The molecule has 1 aliphatic rings. The van der Waals surface area contributed by atoms with Crippen LogP contribution in [-0.4, -0.2) is 6.23 Å². The van der Waals surface area contributed by atoms with Crippen molar-refractivity contribution >= 4 is 26.7 Å². The Kier molecular flexibility index (Phi) is 3.40. The van der Waals surface area contributed by atoms with Gasteiger partial charge in [-0.3, -0.25) is 5.32 Å². The van der Waals surface area contributed by atoms with Gasteiger partial charge in [0.1, 0.15) is 12.0 Å². The number of benzene rings is 3. The molecule has 1 N–H and O–H groups in total. The lowest BCUT2D eigenvalue weighted by atomic mass is 9.91. The van der Waals surface area contributed by atoms with Crippen LogP contribution >= 0.6 is 15.9 Å². The smallest absolute Gasteiger partial charge is 0.148 e. The van der Waals surface area contributed by atoms with Crippen molar-refractivity contribution in [1.82, 2.24) is 5.32 Å². The Bertz CT molecular complexity index is 828. The molecular formula is C19H16BrNO. The first-order valence-corrected chi connectivity index (χ1v) is 8.21. The number of hydrogen-bond donors (Lipinski definition) is 1. The summed E-state index contributed by atoms with van der Waals surface area (Å²) in [5.41, 5.74) is 2.47. The molecule has 0 fully saturated rings. The predicted octanol–water partition coefficient (Wildman–Crippen LogP) is 5.02. The summed E-state index contributed by atoms with van der Waals surface area (Å²) in [6.45, 7) is 2.05. The molecule has 1 aliphatic heterocycles. The lowest BCUT2D eigenvalue weighted by molar-refractivity contribution is 0.150. The van der Waals surface area contributed by atoms with Gasteiger partial charge in [0.25, 0.3) is 0 Å². The van der Waals surface area contributed by atoms with Crippen molar-refractivity contribution < 1.29 is 4.74 Å². The van der Waals surface area contributed by atoms with Gasteiger partial charge >= 0.3 is 0 Å². The maximum Gasteiger partial charge on any atom is 0.148 e. The first-order valence-electron chi connectivity index (χ1n) is 7.42. The second-order valence-electron chi connectivity index (χ2n) is 5.61. The Balaban J connectivity index is 1.95. The van der Waals surface area contributed by atoms with E-state index in [0.717, 1.165) is 10.2 Å². The van der Waals surface area contributed by atoms with Crippen LogP contribution in [0.5, 0.6) is 5.75 Å². The molecule has 22 heavy (non-hydrogen) atoms. The van der Waals surface area contributed by atoms with Gasteiger partial charge in [-0.25, -0.2) is 0 Å². The molecule has 4 rings (SSSR count). The van der Waals surface area contributed by atoms with Crippen LogP contribution in [0.4, 0.5) is 0 Å². The van der Waals surface area contributed by atoms with Crippen LogP contribution in [0.2, 0.25) is 0 Å². The van der Waals surface area contributed by atoms with Gasteiger partial charge in [0.2, 0.25) is 0 Å². The summed E-state index contributed by atoms with van der Waals surface area (Å²) in [5.74, 6) is 0.970. The molecule has 2 atom stereocenters. The summed E-state index contributed by atoms with van der Waals surface area (Å²) in [6.07, 6.45) is -0.0118. The van der Waals surface area contributed by atoms with Gasteiger partial charge in [-0.05, 0) is 41.5 Å². The minimum atomic E-state index is -0.0118. The summed E-state index contributed by atoms with van der Waals surface area (Å²) in [4.78, 5) is 0. The number of ether oxygens (including phenoxy) is 1. The molecule has 0 saturated heterocycles. The van der Waals surface area contributed by atoms with E-state index in [2.05, 4.69) is 81.9 Å². The van der Waals surface area contributed by atoms with Crippen LogP contribution in [0.15, 0.2) is 65.1 Å². The third-order valence-electron chi connectivity index (χ3n) is 4.13. The molecule has 1 heterocycles. The van der Waals surface area contributed by atoms with E-state index in [-0.39, 0.29) is 12.3 Å². The fourth-order valence-corrected chi connectivity index (χ4v) is 3.40. The van der Waals surface area contributed by atoms with Gasteiger partial charge in [0, 0.05) is 10.0 Å². The topological polar surface area (TPSA) is 21.3 Å². The molecule has 0 aliphatic carbocycles. The Morgan fingerprint density at radius 3 is 2.55 bits per heavy atom. The van der Waals surface area contributed by atoms with Crippen molar-refractivity contribution in [3.05, 3.63) is 76.3 Å². The highest BCUT2D eigenvalue weighted by molar-refractivity contribution is 9.10. The summed E-state index contributed by atoms with van der Waals surface area (Å²) >= 11 is 3.51.